The first-order valence-electron chi connectivity index (χ1n) is 6.24. The molecule has 0 radical (unpaired) electrons. The van der Waals surface area contributed by atoms with Crippen LogP contribution in [0.5, 0.6) is 5.75 Å². The molecule has 2 rings (SSSR count). The first-order valence-corrected chi connectivity index (χ1v) is 6.24. The van der Waals surface area contributed by atoms with Gasteiger partial charge in [0.15, 0.2) is 5.82 Å². The van der Waals surface area contributed by atoms with Gasteiger partial charge in [-0.2, -0.15) is 0 Å². The second-order valence-electron chi connectivity index (χ2n) is 4.31. The molecule has 0 saturated carbocycles. The summed E-state index contributed by atoms with van der Waals surface area (Å²) in [6, 6.07) is 4.63. The zero-order chi connectivity index (χ0) is 14.5. The highest BCUT2D eigenvalue weighted by molar-refractivity contribution is 5.44. The Bertz CT molecular complexity index is 611. The van der Waals surface area contributed by atoms with Gasteiger partial charge in [-0.05, 0) is 35.9 Å². The van der Waals surface area contributed by atoms with Gasteiger partial charge in [-0.15, -0.1) is 5.10 Å². The van der Waals surface area contributed by atoms with E-state index in [4.69, 9.17) is 4.74 Å². The SMILES string of the molecule is CCCn1nnnc1COc1ccc([N+](=O)[O-])c(C)c1. The molecule has 2 aromatic rings. The minimum Gasteiger partial charge on any atom is -0.486 e. The third-order valence-electron chi connectivity index (χ3n) is 2.77. The lowest BCUT2D eigenvalue weighted by Crippen LogP contribution is -2.08. The number of hydrogen-bond donors (Lipinski definition) is 0. The Balaban J connectivity index is 2.05. The Morgan fingerprint density at radius 1 is 1.45 bits per heavy atom. The van der Waals surface area contributed by atoms with Crippen molar-refractivity contribution in [3.63, 3.8) is 0 Å². The van der Waals surface area contributed by atoms with Crippen molar-refractivity contribution in [2.24, 2.45) is 0 Å². The summed E-state index contributed by atoms with van der Waals surface area (Å²) in [6.45, 7) is 4.66. The van der Waals surface area contributed by atoms with E-state index in [0.717, 1.165) is 13.0 Å². The van der Waals surface area contributed by atoms with Crippen molar-refractivity contribution in [3.8, 4) is 5.75 Å². The fraction of sp³-hybridized carbons (Fsp3) is 0.417. The van der Waals surface area contributed by atoms with Crippen molar-refractivity contribution in [1.82, 2.24) is 20.2 Å². The zero-order valence-corrected chi connectivity index (χ0v) is 11.3. The lowest BCUT2D eigenvalue weighted by molar-refractivity contribution is -0.385. The highest BCUT2D eigenvalue weighted by atomic mass is 16.6. The molecule has 0 aliphatic carbocycles. The molecule has 1 heterocycles. The number of rotatable bonds is 6. The number of nitro groups is 1. The number of hydrogen-bond acceptors (Lipinski definition) is 6. The van der Waals surface area contributed by atoms with Crippen LogP contribution in [0.15, 0.2) is 18.2 Å². The number of ether oxygens (including phenoxy) is 1. The second kappa shape index (κ2) is 6.09. The van der Waals surface area contributed by atoms with Gasteiger partial charge in [0, 0.05) is 18.2 Å². The Hall–Kier alpha value is -2.51. The summed E-state index contributed by atoms with van der Waals surface area (Å²) in [5, 5.41) is 22.1. The molecule has 8 nitrogen and oxygen atoms in total. The van der Waals surface area contributed by atoms with Crippen LogP contribution in [0.3, 0.4) is 0 Å². The Kier molecular flexibility index (Phi) is 4.24. The summed E-state index contributed by atoms with van der Waals surface area (Å²) in [4.78, 5) is 10.3. The number of benzene rings is 1. The number of nitrogens with zero attached hydrogens (tertiary/aromatic N) is 5. The molecule has 0 spiro atoms. The van der Waals surface area contributed by atoms with Crippen molar-refractivity contribution >= 4 is 5.69 Å². The Labute approximate surface area is 115 Å². The molecule has 0 bridgehead atoms. The number of nitro benzene ring substituents is 1. The Morgan fingerprint density at radius 3 is 2.90 bits per heavy atom. The van der Waals surface area contributed by atoms with Crippen molar-refractivity contribution in [1.29, 1.82) is 0 Å². The van der Waals surface area contributed by atoms with Crippen LogP contribution in [0, 0.1) is 17.0 Å². The van der Waals surface area contributed by atoms with Gasteiger partial charge in [0.1, 0.15) is 12.4 Å². The molecule has 0 fully saturated rings. The predicted octanol–water partition coefficient (Wildman–Crippen LogP) is 1.88. The maximum atomic E-state index is 10.7. The minimum atomic E-state index is -0.416. The van der Waals surface area contributed by atoms with Crippen LogP contribution in [-0.2, 0) is 13.2 Å². The molecule has 106 valence electrons. The van der Waals surface area contributed by atoms with Crippen molar-refractivity contribution in [2.75, 3.05) is 0 Å². The molecule has 0 unspecified atom stereocenters. The van der Waals surface area contributed by atoms with Gasteiger partial charge in [-0.25, -0.2) is 4.68 Å². The van der Waals surface area contributed by atoms with Crippen LogP contribution in [0.2, 0.25) is 0 Å². The molecule has 0 aliphatic heterocycles. The van der Waals surface area contributed by atoms with E-state index in [2.05, 4.69) is 15.5 Å². The van der Waals surface area contributed by atoms with Crippen molar-refractivity contribution < 1.29 is 9.66 Å². The average Bonchev–Trinajstić information content (AvgIpc) is 2.84. The molecular weight excluding hydrogens is 262 g/mol. The van der Waals surface area contributed by atoms with Crippen molar-refractivity contribution in [3.05, 3.63) is 39.7 Å². The normalized spacial score (nSPS) is 10.5. The molecule has 0 aliphatic rings. The van der Waals surface area contributed by atoms with E-state index in [1.54, 1.807) is 23.7 Å². The molecule has 20 heavy (non-hydrogen) atoms. The van der Waals surface area contributed by atoms with Crippen molar-refractivity contribution in [2.45, 2.75) is 33.4 Å². The molecular formula is C12H15N5O3. The van der Waals surface area contributed by atoms with E-state index in [0.29, 0.717) is 17.1 Å². The first kappa shape index (κ1) is 13.9. The molecule has 1 aromatic carbocycles. The van der Waals surface area contributed by atoms with Crippen LogP contribution in [0.4, 0.5) is 5.69 Å². The maximum absolute atomic E-state index is 10.7. The van der Waals surface area contributed by atoms with E-state index in [9.17, 15) is 10.1 Å². The van der Waals surface area contributed by atoms with Crippen LogP contribution in [-0.4, -0.2) is 25.1 Å². The molecule has 1 aromatic heterocycles. The Morgan fingerprint density at radius 2 is 2.25 bits per heavy atom. The smallest absolute Gasteiger partial charge is 0.272 e. The summed E-state index contributed by atoms with van der Waals surface area (Å²) in [7, 11) is 0. The summed E-state index contributed by atoms with van der Waals surface area (Å²) < 4.78 is 7.25. The highest BCUT2D eigenvalue weighted by Crippen LogP contribution is 2.23. The highest BCUT2D eigenvalue weighted by Gasteiger charge is 2.11. The third-order valence-corrected chi connectivity index (χ3v) is 2.77. The van der Waals surface area contributed by atoms with Gasteiger partial charge in [0.2, 0.25) is 0 Å². The standard InChI is InChI=1S/C12H15N5O3/c1-3-6-16-12(13-14-15-16)8-20-10-4-5-11(17(18)19)9(2)7-10/h4-5,7H,3,6,8H2,1-2H3. The van der Waals surface area contributed by atoms with Gasteiger partial charge in [-0.3, -0.25) is 10.1 Å². The zero-order valence-electron chi connectivity index (χ0n) is 11.3. The molecule has 0 amide bonds. The average molecular weight is 277 g/mol. The monoisotopic (exact) mass is 277 g/mol. The van der Waals surface area contributed by atoms with Crippen LogP contribution < -0.4 is 4.74 Å². The summed E-state index contributed by atoms with van der Waals surface area (Å²) >= 11 is 0. The predicted molar refractivity (Wildman–Crippen MR) is 70.3 cm³/mol. The number of tetrazole rings is 1. The van der Waals surface area contributed by atoms with E-state index in [-0.39, 0.29) is 12.3 Å². The second-order valence-corrected chi connectivity index (χ2v) is 4.31. The summed E-state index contributed by atoms with van der Waals surface area (Å²) in [5.41, 5.74) is 0.633. The molecule has 0 saturated heterocycles. The lowest BCUT2D eigenvalue weighted by atomic mass is 10.2. The van der Waals surface area contributed by atoms with Gasteiger partial charge in [-0.1, -0.05) is 6.92 Å². The van der Waals surface area contributed by atoms with Crippen LogP contribution >= 0.6 is 0 Å². The van der Waals surface area contributed by atoms with Crippen LogP contribution in [0.25, 0.3) is 0 Å². The summed E-state index contributed by atoms with van der Waals surface area (Å²) in [5.74, 6) is 1.18. The van der Waals surface area contributed by atoms with Gasteiger partial charge < -0.3 is 4.74 Å². The van der Waals surface area contributed by atoms with Gasteiger partial charge in [0.05, 0.1) is 4.92 Å². The number of aryl methyl sites for hydroxylation is 2. The van der Waals surface area contributed by atoms with E-state index in [1.165, 1.54) is 6.07 Å². The number of aromatic nitrogens is 4. The lowest BCUT2D eigenvalue weighted by Gasteiger charge is -2.07. The van der Waals surface area contributed by atoms with E-state index < -0.39 is 4.92 Å². The third kappa shape index (κ3) is 3.08. The quantitative estimate of drug-likeness (QED) is 0.590. The topological polar surface area (TPSA) is 96.0 Å². The van der Waals surface area contributed by atoms with Gasteiger partial charge in [0.25, 0.3) is 5.69 Å². The molecule has 0 N–H and O–H groups in total. The maximum Gasteiger partial charge on any atom is 0.272 e. The molecule has 8 heteroatoms. The molecule has 0 atom stereocenters. The van der Waals surface area contributed by atoms with E-state index in [1.807, 2.05) is 6.92 Å². The minimum absolute atomic E-state index is 0.0770. The van der Waals surface area contributed by atoms with E-state index >= 15 is 0 Å². The summed E-state index contributed by atoms with van der Waals surface area (Å²) in [6.07, 6.45) is 0.925. The first-order chi connectivity index (χ1) is 9.61. The van der Waals surface area contributed by atoms with Gasteiger partial charge >= 0.3 is 0 Å². The largest absolute Gasteiger partial charge is 0.486 e. The fourth-order valence-corrected chi connectivity index (χ4v) is 1.78. The fourth-order valence-electron chi connectivity index (χ4n) is 1.78. The van der Waals surface area contributed by atoms with Crippen LogP contribution in [0.1, 0.15) is 24.7 Å².